The molecule has 0 saturated carbocycles. The minimum atomic E-state index is -0.592. The highest BCUT2D eigenvalue weighted by Gasteiger charge is 2.23. The third kappa shape index (κ3) is 8.75. The number of ether oxygens (including phenoxy) is 2. The smallest absolute Gasteiger partial charge is 0.410 e. The van der Waals surface area contributed by atoms with Gasteiger partial charge in [-0.3, -0.25) is 9.59 Å². The molecule has 1 aromatic rings. The van der Waals surface area contributed by atoms with Crippen LogP contribution in [0.25, 0.3) is 0 Å². The summed E-state index contributed by atoms with van der Waals surface area (Å²) in [6, 6.07) is 6.79. The van der Waals surface area contributed by atoms with Crippen LogP contribution in [0.4, 0.5) is 10.5 Å². The molecule has 0 aliphatic carbocycles. The Bertz CT molecular complexity index is 685. The highest BCUT2D eigenvalue weighted by atomic mass is 16.6. The van der Waals surface area contributed by atoms with Crippen molar-refractivity contribution in [3.63, 3.8) is 0 Å². The van der Waals surface area contributed by atoms with E-state index in [-0.39, 0.29) is 25.0 Å². The van der Waals surface area contributed by atoms with Crippen molar-refractivity contribution in [2.45, 2.75) is 40.2 Å². The molecule has 0 fully saturated rings. The zero-order chi connectivity index (χ0) is 21.3. The molecule has 156 valence electrons. The summed E-state index contributed by atoms with van der Waals surface area (Å²) >= 11 is 0. The van der Waals surface area contributed by atoms with Gasteiger partial charge in [0.15, 0.2) is 6.61 Å². The Morgan fingerprint density at radius 3 is 2.50 bits per heavy atom. The quantitative estimate of drug-likeness (QED) is 0.708. The number of rotatable bonds is 8. The van der Waals surface area contributed by atoms with Gasteiger partial charge in [0, 0.05) is 31.9 Å². The van der Waals surface area contributed by atoms with E-state index in [1.165, 1.54) is 4.90 Å². The lowest BCUT2D eigenvalue weighted by atomic mass is 10.1. The van der Waals surface area contributed by atoms with Gasteiger partial charge in [0.05, 0.1) is 5.92 Å². The first-order valence-corrected chi connectivity index (χ1v) is 9.26. The van der Waals surface area contributed by atoms with Gasteiger partial charge in [-0.1, -0.05) is 13.0 Å². The van der Waals surface area contributed by atoms with Crippen molar-refractivity contribution in [3.8, 4) is 5.75 Å². The number of carbonyl (C=O) groups is 3. The second kappa shape index (κ2) is 10.5. The lowest BCUT2D eigenvalue weighted by Gasteiger charge is -2.26. The van der Waals surface area contributed by atoms with Crippen LogP contribution >= 0.6 is 0 Å². The predicted octanol–water partition coefficient (Wildman–Crippen LogP) is 2.64. The molecule has 0 radical (unpaired) electrons. The maximum atomic E-state index is 12.4. The molecule has 8 heteroatoms. The number of benzene rings is 1. The van der Waals surface area contributed by atoms with E-state index in [0.717, 1.165) is 0 Å². The molecule has 8 nitrogen and oxygen atoms in total. The van der Waals surface area contributed by atoms with Crippen LogP contribution < -0.4 is 15.4 Å². The number of nitrogens with one attached hydrogen (secondary N) is 2. The number of hydrogen-bond acceptors (Lipinski definition) is 5. The Labute approximate surface area is 166 Å². The summed E-state index contributed by atoms with van der Waals surface area (Å²) < 4.78 is 10.7. The van der Waals surface area contributed by atoms with Crippen molar-refractivity contribution in [1.29, 1.82) is 0 Å². The Hall–Kier alpha value is -2.77. The van der Waals surface area contributed by atoms with Crippen LogP contribution in [-0.2, 0) is 14.3 Å². The molecule has 0 heterocycles. The van der Waals surface area contributed by atoms with Gasteiger partial charge in [-0.25, -0.2) is 4.79 Å². The Morgan fingerprint density at radius 1 is 1.21 bits per heavy atom. The molecule has 1 aromatic carbocycles. The monoisotopic (exact) mass is 393 g/mol. The van der Waals surface area contributed by atoms with E-state index in [2.05, 4.69) is 10.6 Å². The number of amides is 3. The predicted molar refractivity (Wildman–Crippen MR) is 107 cm³/mol. The third-order valence-corrected chi connectivity index (χ3v) is 3.55. The maximum absolute atomic E-state index is 12.4. The van der Waals surface area contributed by atoms with Gasteiger partial charge in [0.2, 0.25) is 5.91 Å². The van der Waals surface area contributed by atoms with Crippen LogP contribution in [0.1, 0.15) is 34.6 Å². The molecule has 0 unspecified atom stereocenters. The highest BCUT2D eigenvalue weighted by Crippen LogP contribution is 2.18. The zero-order valence-electron chi connectivity index (χ0n) is 17.5. The SMILES string of the molecule is CCNC(=O)COc1cccc(NC(=O)[C@@H](C)CN(C)C(=O)OC(C)(C)C)c1. The first kappa shape index (κ1) is 23.3. The van der Waals surface area contributed by atoms with E-state index in [1.807, 2.05) is 6.92 Å². The van der Waals surface area contributed by atoms with Crippen LogP contribution in [0.2, 0.25) is 0 Å². The van der Waals surface area contributed by atoms with Gasteiger partial charge >= 0.3 is 6.09 Å². The fourth-order valence-electron chi connectivity index (χ4n) is 2.23. The largest absolute Gasteiger partial charge is 0.484 e. The van der Waals surface area contributed by atoms with Gasteiger partial charge < -0.3 is 25.0 Å². The van der Waals surface area contributed by atoms with Crippen LogP contribution in [0, 0.1) is 5.92 Å². The molecule has 1 rings (SSSR count). The summed E-state index contributed by atoms with van der Waals surface area (Å²) in [4.78, 5) is 37.3. The van der Waals surface area contributed by atoms with E-state index >= 15 is 0 Å². The van der Waals surface area contributed by atoms with E-state index in [9.17, 15) is 14.4 Å². The number of likely N-dealkylation sites (N-methyl/N-ethyl adjacent to an activating group) is 1. The molecule has 0 aliphatic heterocycles. The van der Waals surface area contributed by atoms with E-state index in [4.69, 9.17) is 9.47 Å². The van der Waals surface area contributed by atoms with E-state index in [1.54, 1.807) is 59.0 Å². The molecular weight excluding hydrogens is 362 g/mol. The van der Waals surface area contributed by atoms with E-state index < -0.39 is 17.6 Å². The average molecular weight is 393 g/mol. The molecule has 0 saturated heterocycles. The summed E-state index contributed by atoms with van der Waals surface area (Å²) in [5, 5.41) is 5.43. The summed E-state index contributed by atoms with van der Waals surface area (Å²) in [5.74, 6) is -0.424. The molecule has 1 atom stereocenters. The number of anilines is 1. The first-order valence-electron chi connectivity index (χ1n) is 9.26. The van der Waals surface area contributed by atoms with Gasteiger partial charge in [-0.2, -0.15) is 0 Å². The van der Waals surface area contributed by atoms with Gasteiger partial charge in [0.25, 0.3) is 5.91 Å². The first-order chi connectivity index (χ1) is 13.0. The Balaban J connectivity index is 2.58. The molecule has 0 spiro atoms. The van der Waals surface area contributed by atoms with Crippen LogP contribution in [0.3, 0.4) is 0 Å². The number of nitrogens with zero attached hydrogens (tertiary/aromatic N) is 1. The van der Waals surface area contributed by atoms with Crippen molar-refractivity contribution in [2.75, 3.05) is 32.1 Å². The molecule has 0 aromatic heterocycles. The summed E-state index contributed by atoms with van der Waals surface area (Å²) in [7, 11) is 1.59. The lowest BCUT2D eigenvalue weighted by Crippen LogP contribution is -2.39. The highest BCUT2D eigenvalue weighted by molar-refractivity contribution is 5.92. The van der Waals surface area contributed by atoms with Crippen molar-refractivity contribution in [3.05, 3.63) is 24.3 Å². The van der Waals surface area contributed by atoms with Gasteiger partial charge in [0.1, 0.15) is 11.4 Å². The van der Waals surface area contributed by atoms with E-state index in [0.29, 0.717) is 18.0 Å². The maximum Gasteiger partial charge on any atom is 0.410 e. The van der Waals surface area contributed by atoms with Gasteiger partial charge in [-0.05, 0) is 39.8 Å². The van der Waals surface area contributed by atoms with Crippen molar-refractivity contribution < 1.29 is 23.9 Å². The van der Waals surface area contributed by atoms with Crippen molar-refractivity contribution in [2.24, 2.45) is 5.92 Å². The summed E-state index contributed by atoms with van der Waals surface area (Å²) in [5.41, 5.74) is -0.0455. The third-order valence-electron chi connectivity index (χ3n) is 3.55. The van der Waals surface area contributed by atoms with Gasteiger partial charge in [-0.15, -0.1) is 0 Å². The number of hydrogen-bond donors (Lipinski definition) is 2. The minimum absolute atomic E-state index is 0.0949. The minimum Gasteiger partial charge on any atom is -0.484 e. The lowest BCUT2D eigenvalue weighted by molar-refractivity contribution is -0.123. The molecule has 3 amide bonds. The van der Waals surface area contributed by atoms with Crippen molar-refractivity contribution >= 4 is 23.6 Å². The zero-order valence-corrected chi connectivity index (χ0v) is 17.5. The summed E-state index contributed by atoms with van der Waals surface area (Å²) in [6.45, 7) is 9.58. The topological polar surface area (TPSA) is 97.0 Å². The molecule has 0 bridgehead atoms. The second-order valence-electron chi connectivity index (χ2n) is 7.52. The Kier molecular flexibility index (Phi) is 8.76. The second-order valence-corrected chi connectivity index (χ2v) is 7.52. The molecule has 28 heavy (non-hydrogen) atoms. The molecule has 0 aliphatic rings. The Morgan fingerprint density at radius 2 is 1.89 bits per heavy atom. The normalized spacial score (nSPS) is 11.9. The van der Waals surface area contributed by atoms with Crippen LogP contribution in [0.5, 0.6) is 5.75 Å². The molecular formula is C20H31N3O5. The van der Waals surface area contributed by atoms with Crippen LogP contribution in [-0.4, -0.2) is 55.2 Å². The summed E-state index contributed by atoms with van der Waals surface area (Å²) in [6.07, 6.45) is -0.479. The standard InChI is InChI=1S/C20H31N3O5/c1-7-21-17(24)13-27-16-10-8-9-15(11-16)22-18(25)14(2)12-23(6)19(26)28-20(3,4)5/h8-11,14H,7,12-13H2,1-6H3,(H,21,24)(H,22,25)/t14-/m0/s1. The van der Waals surface area contributed by atoms with Crippen LogP contribution in [0.15, 0.2) is 24.3 Å². The number of carbonyl (C=O) groups excluding carboxylic acids is 3. The molecule has 2 N–H and O–H groups in total. The average Bonchev–Trinajstić information content (AvgIpc) is 2.59. The fraction of sp³-hybridized carbons (Fsp3) is 0.550. The van der Waals surface area contributed by atoms with Crippen molar-refractivity contribution in [1.82, 2.24) is 10.2 Å². The fourth-order valence-corrected chi connectivity index (χ4v) is 2.23.